The Morgan fingerprint density at radius 2 is 1.73 bits per heavy atom. The fraction of sp³-hybridized carbons (Fsp3) is 0.412. The predicted octanol–water partition coefficient (Wildman–Crippen LogP) is 6.45. The van der Waals surface area contributed by atoms with Crippen LogP contribution in [0.4, 0.5) is 0 Å². The van der Waals surface area contributed by atoms with E-state index in [4.69, 9.17) is 4.74 Å². The maximum atomic E-state index is 10.6. The van der Waals surface area contributed by atoms with Gasteiger partial charge in [-0.2, -0.15) is 0 Å². The summed E-state index contributed by atoms with van der Waals surface area (Å²) in [6.45, 7) is 10.5. The van der Waals surface area contributed by atoms with Crippen molar-refractivity contribution >= 4 is 11.8 Å². The number of aliphatic hydroxyl groups is 1. The molecule has 4 rings (SSSR count). The molecular formula is C34H43NO2. The molecule has 0 saturated carbocycles. The van der Waals surface area contributed by atoms with Crippen molar-refractivity contribution in [3.05, 3.63) is 99.4 Å². The van der Waals surface area contributed by atoms with E-state index in [0.717, 1.165) is 55.2 Å². The monoisotopic (exact) mass is 497 g/mol. The third kappa shape index (κ3) is 6.84. The number of benzene rings is 3. The summed E-state index contributed by atoms with van der Waals surface area (Å²) in [4.78, 5) is 2.39. The number of rotatable bonds is 9. The highest BCUT2D eigenvalue weighted by atomic mass is 16.5. The Bertz CT molecular complexity index is 1300. The molecule has 0 spiro atoms. The Kier molecular flexibility index (Phi) is 8.76. The van der Waals surface area contributed by atoms with Crippen LogP contribution in [0.3, 0.4) is 0 Å². The zero-order valence-electron chi connectivity index (χ0n) is 23.3. The Morgan fingerprint density at radius 3 is 2.46 bits per heavy atom. The molecular weight excluding hydrogens is 454 g/mol. The summed E-state index contributed by atoms with van der Waals surface area (Å²) < 4.78 is 6.20. The van der Waals surface area contributed by atoms with Crippen molar-refractivity contribution in [2.24, 2.45) is 0 Å². The Labute approximate surface area is 223 Å². The molecule has 3 heteroatoms. The molecule has 1 aliphatic rings. The van der Waals surface area contributed by atoms with Crippen molar-refractivity contribution in [1.29, 1.82) is 0 Å². The number of nitrogens with zero attached hydrogens (tertiary/aromatic N) is 1. The average Bonchev–Trinajstić information content (AvgIpc) is 3.07. The number of ether oxygens (including phenoxy) is 1. The van der Waals surface area contributed by atoms with Gasteiger partial charge >= 0.3 is 0 Å². The molecule has 0 aliphatic carbocycles. The molecule has 0 aromatic heterocycles. The van der Waals surface area contributed by atoms with E-state index in [1.807, 2.05) is 0 Å². The van der Waals surface area contributed by atoms with Crippen LogP contribution in [0.1, 0.15) is 88.2 Å². The van der Waals surface area contributed by atoms with E-state index in [2.05, 4.69) is 112 Å². The van der Waals surface area contributed by atoms with E-state index in [1.54, 1.807) is 0 Å². The second-order valence-electron chi connectivity index (χ2n) is 11.3. The van der Waals surface area contributed by atoms with Gasteiger partial charge in [0.2, 0.25) is 0 Å². The molecule has 0 radical (unpaired) electrons. The van der Waals surface area contributed by atoms with Crippen molar-refractivity contribution in [3.8, 4) is 5.75 Å². The van der Waals surface area contributed by atoms with Crippen molar-refractivity contribution in [3.63, 3.8) is 0 Å². The average molecular weight is 498 g/mol. The van der Waals surface area contributed by atoms with Gasteiger partial charge in [-0.25, -0.2) is 0 Å². The maximum absolute atomic E-state index is 10.6. The van der Waals surface area contributed by atoms with E-state index in [9.17, 15) is 5.11 Å². The molecule has 3 aromatic carbocycles. The minimum Gasteiger partial charge on any atom is -0.488 e. The molecule has 0 saturated heterocycles. The largest absolute Gasteiger partial charge is 0.488 e. The Balaban J connectivity index is 1.32. The molecule has 0 bridgehead atoms. The summed E-state index contributed by atoms with van der Waals surface area (Å²) in [6, 6.07) is 23.5. The molecule has 1 N–H and O–H groups in total. The van der Waals surface area contributed by atoms with Gasteiger partial charge in [-0.1, -0.05) is 101 Å². The van der Waals surface area contributed by atoms with Crippen LogP contribution in [0.25, 0.3) is 11.8 Å². The minimum atomic E-state index is -0.382. The molecule has 1 atom stereocenters. The molecule has 1 unspecified atom stereocenters. The first kappa shape index (κ1) is 27.0. The van der Waals surface area contributed by atoms with Crippen LogP contribution in [0, 0.1) is 0 Å². The van der Waals surface area contributed by atoms with Gasteiger partial charge in [0.25, 0.3) is 0 Å². The molecule has 37 heavy (non-hydrogen) atoms. The summed E-state index contributed by atoms with van der Waals surface area (Å²) in [5.74, 6) is 0.956. The zero-order chi connectivity index (χ0) is 26.4. The third-order valence-corrected chi connectivity index (χ3v) is 7.52. The molecule has 3 aromatic rings. The normalized spacial score (nSPS) is 14.4. The van der Waals surface area contributed by atoms with Gasteiger partial charge in [-0.05, 0) is 64.3 Å². The lowest BCUT2D eigenvalue weighted by atomic mass is 9.86. The van der Waals surface area contributed by atoms with E-state index in [-0.39, 0.29) is 11.5 Å². The van der Waals surface area contributed by atoms with Crippen LogP contribution in [0.15, 0.2) is 66.7 Å². The highest BCUT2D eigenvalue weighted by Crippen LogP contribution is 2.26. The summed E-state index contributed by atoms with van der Waals surface area (Å²) in [6.07, 6.45) is 6.88. The van der Waals surface area contributed by atoms with Crippen LogP contribution >= 0.6 is 0 Å². The number of aliphatic hydroxyl groups excluding tert-OH is 1. The van der Waals surface area contributed by atoms with Crippen LogP contribution < -0.4 is 15.2 Å². The maximum Gasteiger partial charge on any atom is 0.127 e. The van der Waals surface area contributed by atoms with E-state index < -0.39 is 0 Å². The smallest absolute Gasteiger partial charge is 0.127 e. The Hall–Kier alpha value is -3.04. The molecule has 1 aliphatic heterocycles. The standard InChI is InChI=1S/C34H43NO2/c1-6-31(27-15-16-28-22-26-12-9-10-13-29(26)24-37-33(28)23-27)35(5)21-11-7-8-14-32(36)25-17-19-30(20-18-25)34(2,3)4/h9-10,12-13,15-20,22-23,32,36H,6-8,11,14,21,24H2,1-5H3. The predicted molar refractivity (Wildman–Crippen MR) is 155 cm³/mol. The Morgan fingerprint density at radius 1 is 0.973 bits per heavy atom. The van der Waals surface area contributed by atoms with Gasteiger partial charge in [0, 0.05) is 24.5 Å². The van der Waals surface area contributed by atoms with Crippen molar-refractivity contribution in [2.45, 2.75) is 77.9 Å². The van der Waals surface area contributed by atoms with E-state index >= 15 is 0 Å². The van der Waals surface area contributed by atoms with Crippen LogP contribution in [-0.2, 0) is 12.0 Å². The summed E-state index contributed by atoms with van der Waals surface area (Å²) in [5, 5.41) is 13.0. The number of hydrogen-bond donors (Lipinski definition) is 1. The molecule has 196 valence electrons. The first-order chi connectivity index (χ1) is 17.8. The zero-order valence-corrected chi connectivity index (χ0v) is 23.3. The van der Waals surface area contributed by atoms with E-state index in [0.29, 0.717) is 6.61 Å². The fourth-order valence-electron chi connectivity index (χ4n) is 5.15. The molecule has 1 heterocycles. The highest BCUT2D eigenvalue weighted by Gasteiger charge is 2.15. The van der Waals surface area contributed by atoms with Crippen LogP contribution in [0.2, 0.25) is 0 Å². The SMILES string of the molecule is CCC(=c1ccc2c(c1)OCc1ccccc1C=2)N(C)CCCCCC(O)c1ccc(C(C)(C)C)cc1. The number of unbranched alkanes of at least 4 members (excludes halogenated alkanes) is 2. The molecule has 3 nitrogen and oxygen atoms in total. The first-order valence-corrected chi connectivity index (χ1v) is 13.8. The highest BCUT2D eigenvalue weighted by molar-refractivity contribution is 5.58. The van der Waals surface area contributed by atoms with Gasteiger partial charge in [-0.15, -0.1) is 0 Å². The second kappa shape index (κ2) is 12.0. The fourth-order valence-corrected chi connectivity index (χ4v) is 5.15. The van der Waals surface area contributed by atoms with Crippen LogP contribution in [0.5, 0.6) is 5.75 Å². The lowest BCUT2D eigenvalue weighted by Crippen LogP contribution is -2.25. The minimum absolute atomic E-state index is 0.138. The van der Waals surface area contributed by atoms with Crippen LogP contribution in [-0.4, -0.2) is 23.6 Å². The summed E-state index contributed by atoms with van der Waals surface area (Å²) in [5.41, 5.74) is 6.27. The molecule has 0 amide bonds. The topological polar surface area (TPSA) is 32.7 Å². The van der Waals surface area contributed by atoms with Gasteiger partial charge < -0.3 is 14.7 Å². The quantitative estimate of drug-likeness (QED) is 0.345. The van der Waals surface area contributed by atoms with Gasteiger partial charge in [0.15, 0.2) is 0 Å². The third-order valence-electron chi connectivity index (χ3n) is 7.52. The number of fused-ring (bicyclic) bond motifs is 2. The van der Waals surface area contributed by atoms with Crippen molar-refractivity contribution in [2.75, 3.05) is 13.6 Å². The van der Waals surface area contributed by atoms with Gasteiger partial charge in [-0.3, -0.25) is 0 Å². The second-order valence-corrected chi connectivity index (χ2v) is 11.3. The van der Waals surface area contributed by atoms with Gasteiger partial charge in [0.1, 0.15) is 12.4 Å². The lowest BCUT2D eigenvalue weighted by Gasteiger charge is -2.22. The van der Waals surface area contributed by atoms with E-state index in [1.165, 1.54) is 27.6 Å². The van der Waals surface area contributed by atoms with Crippen molar-refractivity contribution < 1.29 is 9.84 Å². The number of hydrogen-bond acceptors (Lipinski definition) is 3. The van der Waals surface area contributed by atoms with Crippen molar-refractivity contribution in [1.82, 2.24) is 4.90 Å². The molecule has 0 fully saturated rings. The van der Waals surface area contributed by atoms with Gasteiger partial charge in [0.05, 0.1) is 6.10 Å². The summed E-state index contributed by atoms with van der Waals surface area (Å²) >= 11 is 0. The summed E-state index contributed by atoms with van der Waals surface area (Å²) in [7, 11) is 2.19. The lowest BCUT2D eigenvalue weighted by molar-refractivity contribution is 0.163. The first-order valence-electron chi connectivity index (χ1n) is 13.8.